The largest absolute Gasteiger partial charge is 0.350 e. The van der Waals surface area contributed by atoms with Crippen LogP contribution in [-0.4, -0.2) is 34.5 Å². The first-order valence-electron chi connectivity index (χ1n) is 7.42. The average Bonchev–Trinajstić information content (AvgIpc) is 2.84. The number of aryl methyl sites for hydroxylation is 1. The van der Waals surface area contributed by atoms with Gasteiger partial charge in [-0.3, -0.25) is 9.48 Å². The van der Waals surface area contributed by atoms with Crippen LogP contribution in [0.3, 0.4) is 0 Å². The SMILES string of the molecule is CNCCCC(=O)NCc1cn(CCCC(C)C)nn1. The first-order chi connectivity index (χ1) is 9.61. The smallest absolute Gasteiger partial charge is 0.220 e. The summed E-state index contributed by atoms with van der Waals surface area (Å²) in [6, 6.07) is 0. The van der Waals surface area contributed by atoms with Gasteiger partial charge in [-0.25, -0.2) is 0 Å². The Kier molecular flexibility index (Phi) is 7.87. The first-order valence-corrected chi connectivity index (χ1v) is 7.42. The van der Waals surface area contributed by atoms with Crippen molar-refractivity contribution in [2.45, 2.75) is 52.6 Å². The van der Waals surface area contributed by atoms with Gasteiger partial charge in [0, 0.05) is 13.0 Å². The molecule has 0 spiro atoms. The summed E-state index contributed by atoms with van der Waals surface area (Å²) in [6.45, 7) is 6.65. The van der Waals surface area contributed by atoms with Crippen molar-refractivity contribution in [3.63, 3.8) is 0 Å². The van der Waals surface area contributed by atoms with Gasteiger partial charge in [0.15, 0.2) is 0 Å². The van der Waals surface area contributed by atoms with Gasteiger partial charge in [0.25, 0.3) is 0 Å². The third-order valence-corrected chi connectivity index (χ3v) is 3.05. The maximum absolute atomic E-state index is 11.6. The number of rotatable bonds is 10. The molecule has 114 valence electrons. The van der Waals surface area contributed by atoms with Gasteiger partial charge in [-0.2, -0.15) is 0 Å². The van der Waals surface area contributed by atoms with E-state index in [4.69, 9.17) is 0 Å². The lowest BCUT2D eigenvalue weighted by molar-refractivity contribution is -0.121. The minimum atomic E-state index is 0.0645. The second-order valence-electron chi connectivity index (χ2n) is 5.49. The molecule has 0 aliphatic carbocycles. The number of carbonyl (C=O) groups is 1. The van der Waals surface area contributed by atoms with E-state index in [-0.39, 0.29) is 5.91 Å². The van der Waals surface area contributed by atoms with E-state index in [1.54, 1.807) is 0 Å². The van der Waals surface area contributed by atoms with E-state index in [9.17, 15) is 4.79 Å². The summed E-state index contributed by atoms with van der Waals surface area (Å²) < 4.78 is 1.85. The molecule has 0 aliphatic heterocycles. The third kappa shape index (κ3) is 7.23. The van der Waals surface area contributed by atoms with Crippen LogP contribution in [0.4, 0.5) is 0 Å². The summed E-state index contributed by atoms with van der Waals surface area (Å²) in [6.07, 6.45) is 5.61. The Balaban J connectivity index is 2.21. The molecule has 0 aliphatic rings. The van der Waals surface area contributed by atoms with Gasteiger partial charge >= 0.3 is 0 Å². The van der Waals surface area contributed by atoms with Crippen LogP contribution in [0, 0.1) is 5.92 Å². The number of nitrogens with one attached hydrogen (secondary N) is 2. The molecular weight excluding hydrogens is 254 g/mol. The van der Waals surface area contributed by atoms with Crippen LogP contribution in [-0.2, 0) is 17.9 Å². The molecule has 0 fully saturated rings. The first kappa shape index (κ1) is 16.6. The lowest BCUT2D eigenvalue weighted by Crippen LogP contribution is -2.23. The molecule has 2 N–H and O–H groups in total. The molecular formula is C14H27N5O. The van der Waals surface area contributed by atoms with E-state index in [1.807, 2.05) is 17.9 Å². The summed E-state index contributed by atoms with van der Waals surface area (Å²) >= 11 is 0. The quantitative estimate of drug-likeness (QED) is 0.635. The predicted octanol–water partition coefficient (Wildman–Crippen LogP) is 1.33. The van der Waals surface area contributed by atoms with E-state index in [1.165, 1.54) is 6.42 Å². The Morgan fingerprint density at radius 1 is 1.40 bits per heavy atom. The van der Waals surface area contributed by atoms with Gasteiger partial charge < -0.3 is 10.6 Å². The van der Waals surface area contributed by atoms with Crippen molar-refractivity contribution in [3.05, 3.63) is 11.9 Å². The van der Waals surface area contributed by atoms with Gasteiger partial charge in [0.2, 0.25) is 5.91 Å². The van der Waals surface area contributed by atoms with Crippen molar-refractivity contribution in [1.29, 1.82) is 0 Å². The zero-order chi connectivity index (χ0) is 14.8. The standard InChI is InChI=1S/C14H27N5O/c1-12(2)6-5-9-19-11-13(17-18-19)10-16-14(20)7-4-8-15-3/h11-12,15H,4-10H2,1-3H3,(H,16,20). The van der Waals surface area contributed by atoms with Crippen molar-refractivity contribution < 1.29 is 4.79 Å². The fourth-order valence-electron chi connectivity index (χ4n) is 1.89. The van der Waals surface area contributed by atoms with Crippen LogP contribution < -0.4 is 10.6 Å². The summed E-state index contributed by atoms with van der Waals surface area (Å²) in [5, 5.41) is 14.0. The zero-order valence-electron chi connectivity index (χ0n) is 12.9. The lowest BCUT2D eigenvalue weighted by atomic mass is 10.1. The van der Waals surface area contributed by atoms with Gasteiger partial charge in [0.05, 0.1) is 12.7 Å². The van der Waals surface area contributed by atoms with E-state index in [0.29, 0.717) is 13.0 Å². The zero-order valence-corrected chi connectivity index (χ0v) is 12.9. The number of aromatic nitrogens is 3. The second-order valence-corrected chi connectivity index (χ2v) is 5.49. The Bertz CT molecular complexity index is 389. The minimum Gasteiger partial charge on any atom is -0.350 e. The van der Waals surface area contributed by atoms with Crippen molar-refractivity contribution >= 4 is 5.91 Å². The number of hydrogen-bond acceptors (Lipinski definition) is 4. The number of nitrogens with zero attached hydrogens (tertiary/aromatic N) is 3. The topological polar surface area (TPSA) is 71.8 Å². The third-order valence-electron chi connectivity index (χ3n) is 3.05. The molecule has 6 nitrogen and oxygen atoms in total. The molecule has 0 radical (unpaired) electrons. The van der Waals surface area contributed by atoms with E-state index < -0.39 is 0 Å². The summed E-state index contributed by atoms with van der Waals surface area (Å²) in [4.78, 5) is 11.6. The molecule has 6 heteroatoms. The number of amides is 1. The molecule has 0 bridgehead atoms. The maximum Gasteiger partial charge on any atom is 0.220 e. The van der Waals surface area contributed by atoms with Gasteiger partial charge in [-0.05, 0) is 38.8 Å². The molecule has 0 atom stereocenters. The molecule has 0 saturated carbocycles. The number of hydrogen-bond donors (Lipinski definition) is 2. The molecule has 20 heavy (non-hydrogen) atoms. The van der Waals surface area contributed by atoms with Crippen LogP contribution in [0.5, 0.6) is 0 Å². The van der Waals surface area contributed by atoms with Crippen LogP contribution >= 0.6 is 0 Å². The average molecular weight is 281 g/mol. The Morgan fingerprint density at radius 3 is 2.90 bits per heavy atom. The summed E-state index contributed by atoms with van der Waals surface area (Å²) in [7, 11) is 1.88. The van der Waals surface area contributed by atoms with Gasteiger partial charge in [0.1, 0.15) is 5.69 Å². The summed E-state index contributed by atoms with van der Waals surface area (Å²) in [5.41, 5.74) is 0.816. The highest BCUT2D eigenvalue weighted by Gasteiger charge is 2.04. The Morgan fingerprint density at radius 2 is 2.20 bits per heavy atom. The van der Waals surface area contributed by atoms with Crippen molar-refractivity contribution in [2.75, 3.05) is 13.6 Å². The molecule has 0 unspecified atom stereocenters. The van der Waals surface area contributed by atoms with Crippen molar-refractivity contribution in [2.24, 2.45) is 5.92 Å². The van der Waals surface area contributed by atoms with Crippen LogP contribution in [0.1, 0.15) is 45.2 Å². The second kappa shape index (κ2) is 9.47. The highest BCUT2D eigenvalue weighted by molar-refractivity contribution is 5.75. The van der Waals surface area contributed by atoms with E-state index in [2.05, 4.69) is 34.8 Å². The predicted molar refractivity (Wildman–Crippen MR) is 79.1 cm³/mol. The van der Waals surface area contributed by atoms with Crippen LogP contribution in [0.2, 0.25) is 0 Å². The van der Waals surface area contributed by atoms with E-state index in [0.717, 1.165) is 37.5 Å². The highest BCUT2D eigenvalue weighted by atomic mass is 16.1. The minimum absolute atomic E-state index is 0.0645. The molecule has 1 amide bonds. The fraction of sp³-hybridized carbons (Fsp3) is 0.786. The molecule has 1 rings (SSSR count). The monoisotopic (exact) mass is 281 g/mol. The molecule has 1 aromatic rings. The van der Waals surface area contributed by atoms with Crippen molar-refractivity contribution in [3.8, 4) is 0 Å². The van der Waals surface area contributed by atoms with Crippen molar-refractivity contribution in [1.82, 2.24) is 25.6 Å². The Labute approximate surface area is 121 Å². The van der Waals surface area contributed by atoms with Crippen LogP contribution in [0.25, 0.3) is 0 Å². The lowest BCUT2D eigenvalue weighted by Gasteiger charge is -2.03. The van der Waals surface area contributed by atoms with E-state index >= 15 is 0 Å². The molecule has 0 aromatic carbocycles. The van der Waals surface area contributed by atoms with Crippen LogP contribution in [0.15, 0.2) is 6.20 Å². The van der Waals surface area contributed by atoms with Gasteiger partial charge in [-0.1, -0.05) is 19.1 Å². The van der Waals surface area contributed by atoms with Gasteiger partial charge in [-0.15, -0.1) is 5.10 Å². The maximum atomic E-state index is 11.6. The molecule has 1 aromatic heterocycles. The molecule has 0 saturated heterocycles. The molecule has 1 heterocycles. The summed E-state index contributed by atoms with van der Waals surface area (Å²) in [5.74, 6) is 0.782. The highest BCUT2D eigenvalue weighted by Crippen LogP contribution is 2.05. The number of carbonyl (C=O) groups excluding carboxylic acids is 1. The Hall–Kier alpha value is -1.43. The fourth-order valence-corrected chi connectivity index (χ4v) is 1.89. The normalized spacial score (nSPS) is 11.0.